The Kier molecular flexibility index (Phi) is 16.8. The van der Waals surface area contributed by atoms with Gasteiger partial charge in [0.15, 0.2) is 33.6 Å². The molecule has 5 fully saturated rings. The summed E-state index contributed by atoms with van der Waals surface area (Å²) in [7, 11) is 4.08. The first-order valence-electron chi connectivity index (χ1n) is 31.3. The van der Waals surface area contributed by atoms with E-state index in [-0.39, 0.29) is 35.2 Å². The highest BCUT2D eigenvalue weighted by Crippen LogP contribution is 2.80. The summed E-state index contributed by atoms with van der Waals surface area (Å²) in [6.45, 7) is 2.29. The molecule has 0 bridgehead atoms. The Morgan fingerprint density at radius 1 is 0.458 bits per heavy atom. The van der Waals surface area contributed by atoms with Gasteiger partial charge < -0.3 is 48.1 Å². The number of pyridine rings is 3. The van der Waals surface area contributed by atoms with Crippen molar-refractivity contribution in [1.82, 2.24) is 15.0 Å². The Morgan fingerprint density at radius 3 is 1.09 bits per heavy atom. The molecule has 2 saturated heterocycles. The molecule has 2 N–H and O–H groups in total. The number of esters is 3. The molecular weight excluding hydrogens is 1480 g/mol. The minimum Gasteiger partial charge on any atom is -0.476 e. The second-order valence-electron chi connectivity index (χ2n) is 24.1. The van der Waals surface area contributed by atoms with E-state index in [4.69, 9.17) is 74.1 Å². The number of halogens is 6. The summed E-state index contributed by atoms with van der Waals surface area (Å²) in [6, 6.07) is 57.3. The molecule has 8 aliphatic rings. The first-order valence-corrected chi connectivity index (χ1v) is 34.1. The second-order valence-corrected chi connectivity index (χ2v) is 28.2. The molecule has 3 aliphatic carbocycles. The van der Waals surface area contributed by atoms with Crippen LogP contribution in [0.15, 0.2) is 214 Å². The molecule has 0 unspecified atom stereocenters. The summed E-state index contributed by atoms with van der Waals surface area (Å²) in [5, 5.41) is 25.1. The Morgan fingerprint density at radius 2 is 0.750 bits per heavy atom. The zero-order chi connectivity index (χ0) is 68.1. The van der Waals surface area contributed by atoms with Crippen LogP contribution in [0.2, 0.25) is 15.1 Å². The number of hydrogen-bond donors (Lipinski definition) is 2. The molecule has 0 amide bonds. The predicted molar refractivity (Wildman–Crippen MR) is 366 cm³/mol. The van der Waals surface area contributed by atoms with Crippen molar-refractivity contribution in [2.24, 2.45) is 17.8 Å². The summed E-state index contributed by atoms with van der Waals surface area (Å²) in [5.41, 5.74) is -0.801. The van der Waals surface area contributed by atoms with Gasteiger partial charge in [-0.15, -0.1) is 0 Å². The van der Waals surface area contributed by atoms with E-state index >= 15 is 0 Å². The van der Waals surface area contributed by atoms with E-state index in [0.29, 0.717) is 56.0 Å². The SMILES string of the molecule is COC(=O)[C@@H]1[C@@H](c2ccccc2)[C@]2(c3ccc(Br)cc3)Oc3cc(Cl)cnc3[C@@]23O[C@@H]13.COC(=O)[C@@H]1[C@@H](c2ccccc2)[C@]2(c3ccc(Br)cc3)Oc3cc(Cl)cnc3[C@@]23O[C@@H]13.COC(=O)[C@H]1[C@@H](O)[C@@]2(O)c3ncc(Cl)cc3O[C@@]2(c2ccc(Br)cc2)[C@@H]1c1ccccc1.[2H]CC. The molecule has 6 aromatic carbocycles. The predicted octanol–water partition coefficient (Wildman–Crippen LogP) is 14.9. The quantitative estimate of drug-likeness (QED) is 0.0782. The van der Waals surface area contributed by atoms with Gasteiger partial charge in [0, 0.05) is 69.3 Å². The second kappa shape index (κ2) is 24.9. The number of carbonyl (C=O) groups excluding carboxylic acids is 3. The molecule has 3 saturated carbocycles. The Bertz CT molecular complexity index is 4340. The summed E-state index contributed by atoms with van der Waals surface area (Å²) in [4.78, 5) is 52.6. The largest absolute Gasteiger partial charge is 0.476 e. The van der Waals surface area contributed by atoms with Crippen LogP contribution in [0.25, 0.3) is 0 Å². The van der Waals surface area contributed by atoms with Crippen molar-refractivity contribution >= 4 is 101 Å². The number of carbonyl (C=O) groups is 3. The van der Waals surface area contributed by atoms with E-state index in [9.17, 15) is 24.6 Å². The number of hydrogen-bond acceptors (Lipinski definition) is 16. The topological polar surface area (TPSA) is 211 Å². The fraction of sp³-hybridized carbons (Fsp3) is 0.270. The van der Waals surface area contributed by atoms with Crippen molar-refractivity contribution in [2.75, 3.05) is 21.3 Å². The lowest BCUT2D eigenvalue weighted by atomic mass is 9.71. The lowest BCUT2D eigenvalue weighted by Gasteiger charge is -2.40. The van der Waals surface area contributed by atoms with E-state index in [1.54, 1.807) is 49.6 Å². The number of aliphatic hydroxyl groups excluding tert-OH is 1. The van der Waals surface area contributed by atoms with Gasteiger partial charge in [-0.2, -0.15) is 0 Å². The molecular formula is C74H59Br3Cl3N3O13. The number of methoxy groups -OCH3 is 3. The maximum atomic E-state index is 13.0. The highest BCUT2D eigenvalue weighted by molar-refractivity contribution is 9.11. The Labute approximate surface area is 594 Å². The zero-order valence-corrected chi connectivity index (χ0v) is 58.5. The van der Waals surface area contributed by atoms with Crippen molar-refractivity contribution in [3.8, 4) is 17.2 Å². The van der Waals surface area contributed by atoms with Crippen LogP contribution in [-0.2, 0) is 71.7 Å². The van der Waals surface area contributed by atoms with Gasteiger partial charge in [0.1, 0.15) is 52.6 Å². The van der Waals surface area contributed by atoms with Crippen LogP contribution in [0.1, 0.15) is 83.4 Å². The van der Waals surface area contributed by atoms with Gasteiger partial charge in [0.25, 0.3) is 0 Å². The molecule has 3 aromatic heterocycles. The third-order valence-electron chi connectivity index (χ3n) is 19.8. The summed E-state index contributed by atoms with van der Waals surface area (Å²) >= 11 is 29.1. The van der Waals surface area contributed by atoms with E-state index in [2.05, 4.69) is 62.7 Å². The minimum atomic E-state index is -2.04. The number of aliphatic hydroxyl groups is 2. The highest BCUT2D eigenvalue weighted by Gasteiger charge is 2.90. The minimum absolute atomic E-state index is 0.129. The number of benzene rings is 6. The lowest BCUT2D eigenvalue weighted by Crippen LogP contribution is -2.52. The molecule has 16 nitrogen and oxygen atoms in total. The molecule has 22 heteroatoms. The van der Waals surface area contributed by atoms with Gasteiger partial charge in [-0.25, -0.2) is 0 Å². The monoisotopic (exact) mass is 1540 g/mol. The molecule has 8 heterocycles. The fourth-order valence-electron chi connectivity index (χ4n) is 16.3. The van der Waals surface area contributed by atoms with Crippen LogP contribution in [0.3, 0.4) is 0 Å². The Hall–Kier alpha value is -7.27. The summed E-state index contributed by atoms with van der Waals surface area (Å²) in [5.74, 6) is -3.51. The average molecular weight is 1550 g/mol. The highest BCUT2D eigenvalue weighted by atomic mass is 79.9. The zero-order valence-electron chi connectivity index (χ0n) is 52.5. The summed E-state index contributed by atoms with van der Waals surface area (Å²) in [6.07, 6.45) is 2.19. The van der Waals surface area contributed by atoms with Crippen LogP contribution in [0.5, 0.6) is 17.2 Å². The summed E-state index contributed by atoms with van der Waals surface area (Å²) < 4.78 is 57.2. The van der Waals surface area contributed by atoms with E-state index < -0.39 is 81.6 Å². The van der Waals surface area contributed by atoms with Crippen molar-refractivity contribution in [3.05, 3.63) is 280 Å². The van der Waals surface area contributed by atoms with Gasteiger partial charge in [0.05, 0.1) is 54.2 Å². The molecule has 5 aliphatic heterocycles. The van der Waals surface area contributed by atoms with Crippen molar-refractivity contribution in [2.45, 2.75) is 83.5 Å². The van der Waals surface area contributed by atoms with Crippen LogP contribution >= 0.6 is 82.6 Å². The molecule has 17 rings (SSSR count). The van der Waals surface area contributed by atoms with Crippen LogP contribution in [-0.4, -0.2) is 82.7 Å². The molecule has 2 spiro atoms. The maximum absolute atomic E-state index is 13.0. The molecule has 15 atom stereocenters. The fourth-order valence-corrected chi connectivity index (χ4v) is 17.6. The van der Waals surface area contributed by atoms with Gasteiger partial charge in [0.2, 0.25) is 0 Å². The van der Waals surface area contributed by atoms with Crippen molar-refractivity contribution < 1.29 is 63.9 Å². The number of nitrogens with zero attached hydrogens (tertiary/aromatic N) is 3. The number of aromatic nitrogens is 3. The van der Waals surface area contributed by atoms with Crippen LogP contribution in [0, 0.1) is 17.8 Å². The maximum Gasteiger partial charge on any atom is 0.312 e. The molecule has 0 radical (unpaired) electrons. The number of rotatable bonds is 9. The smallest absolute Gasteiger partial charge is 0.312 e. The van der Waals surface area contributed by atoms with E-state index in [1.165, 1.54) is 27.5 Å². The Balaban J connectivity index is 0.000000122. The lowest BCUT2D eigenvalue weighted by molar-refractivity contribution is -0.162. The molecule has 490 valence electrons. The van der Waals surface area contributed by atoms with Crippen molar-refractivity contribution in [1.29, 1.82) is 0 Å². The number of ether oxygens (including phenoxy) is 8. The normalized spacial score (nSPS) is 30.9. The van der Waals surface area contributed by atoms with Gasteiger partial charge in [-0.3, -0.25) is 29.3 Å². The third kappa shape index (κ3) is 9.45. The van der Waals surface area contributed by atoms with Gasteiger partial charge >= 0.3 is 17.9 Å². The molecule has 9 aromatic rings. The first kappa shape index (κ1) is 64.7. The first-order chi connectivity index (χ1) is 46.8. The molecule has 96 heavy (non-hydrogen) atoms. The van der Waals surface area contributed by atoms with E-state index in [1.807, 2.05) is 152 Å². The van der Waals surface area contributed by atoms with E-state index in [0.717, 1.165) is 35.7 Å². The van der Waals surface area contributed by atoms with Crippen molar-refractivity contribution in [3.63, 3.8) is 0 Å². The van der Waals surface area contributed by atoms with Crippen LogP contribution in [0.4, 0.5) is 0 Å². The number of epoxide rings is 2. The van der Waals surface area contributed by atoms with Crippen LogP contribution < -0.4 is 14.2 Å². The standard InChI is InChI=1S/C24H19BrClNO5.2C24H17BrClNO4.C2H6/c1-31-22(29)18-19(13-5-3-2-4-6-13)24(14-7-9-15(25)10-8-14)23(30,21(18)28)20-17(32-24)11-16(26)12-27-20;2*1-29-22(28)18-19(13-5-3-2-4-6-13)23(14-7-9-15(25)10-8-14)24(21(18)31-24)20-17(30-23)11-16(26)12-27-20;1-2/h2-12,18-19,21,28,30H,1H3;2*2-12,18-19,21H,1H3;1-2H3/t18-,19-,21-,23+,24+;2*18-,19-,21+,23+,24+;/m111./s1/i;;;1D. The number of fused-ring (bicyclic) bond motifs is 5. The van der Waals surface area contributed by atoms with Gasteiger partial charge in [-0.1, -0.05) is 224 Å². The third-order valence-corrected chi connectivity index (χ3v) is 22.1. The average Bonchev–Trinajstić information content (AvgIpc) is 1.46. The van der Waals surface area contributed by atoms with Gasteiger partial charge in [-0.05, 0) is 69.8 Å².